The molecular formula is C58H35NOS. The third-order valence-electron chi connectivity index (χ3n) is 12.6. The lowest BCUT2D eigenvalue weighted by molar-refractivity contribution is 0.670. The van der Waals surface area contributed by atoms with Crippen LogP contribution in [0.3, 0.4) is 0 Å². The minimum atomic E-state index is 0.915. The van der Waals surface area contributed by atoms with Crippen molar-refractivity contribution < 1.29 is 4.42 Å². The summed E-state index contributed by atoms with van der Waals surface area (Å²) >= 11 is 1.88. The minimum Gasteiger partial charge on any atom is -0.455 e. The molecule has 0 N–H and O–H groups in total. The van der Waals surface area contributed by atoms with Crippen molar-refractivity contribution in [3.63, 3.8) is 0 Å². The van der Waals surface area contributed by atoms with Crippen LogP contribution in [-0.2, 0) is 0 Å². The van der Waals surface area contributed by atoms with Crippen LogP contribution in [0.25, 0.3) is 107 Å². The first-order valence-electron chi connectivity index (χ1n) is 20.8. The summed E-state index contributed by atoms with van der Waals surface area (Å²) in [5.41, 5.74) is 9.92. The summed E-state index contributed by atoms with van der Waals surface area (Å²) in [7, 11) is 0. The van der Waals surface area contributed by atoms with E-state index < -0.39 is 0 Å². The summed E-state index contributed by atoms with van der Waals surface area (Å²) in [5.74, 6) is 0. The van der Waals surface area contributed by atoms with Crippen LogP contribution in [0.1, 0.15) is 0 Å². The molecule has 13 aromatic rings. The average Bonchev–Trinajstić information content (AvgIpc) is 3.92. The van der Waals surface area contributed by atoms with Crippen molar-refractivity contribution in [3.8, 4) is 22.3 Å². The molecule has 2 nitrogen and oxygen atoms in total. The van der Waals surface area contributed by atoms with Gasteiger partial charge in [0.05, 0.1) is 10.4 Å². The van der Waals surface area contributed by atoms with Gasteiger partial charge in [-0.2, -0.15) is 0 Å². The highest BCUT2D eigenvalue weighted by molar-refractivity contribution is 7.26. The number of hydrogen-bond donors (Lipinski definition) is 0. The van der Waals surface area contributed by atoms with Gasteiger partial charge >= 0.3 is 0 Å². The van der Waals surface area contributed by atoms with E-state index in [1.165, 1.54) is 85.5 Å². The number of fused-ring (bicyclic) bond motifs is 12. The van der Waals surface area contributed by atoms with Gasteiger partial charge in [-0.15, -0.1) is 11.3 Å². The topological polar surface area (TPSA) is 16.4 Å². The summed E-state index contributed by atoms with van der Waals surface area (Å²) in [4.78, 5) is 2.47. The average molecular weight is 794 g/mol. The van der Waals surface area contributed by atoms with E-state index in [1.807, 2.05) is 11.3 Å². The van der Waals surface area contributed by atoms with E-state index in [0.29, 0.717) is 0 Å². The Morgan fingerprint density at radius 2 is 0.951 bits per heavy atom. The molecule has 0 unspecified atom stereocenters. The smallest absolute Gasteiger partial charge is 0.143 e. The van der Waals surface area contributed by atoms with Crippen LogP contribution in [0.4, 0.5) is 17.1 Å². The summed E-state index contributed by atoms with van der Waals surface area (Å²) in [6, 6.07) is 77.5. The quantitative estimate of drug-likeness (QED) is 0.173. The van der Waals surface area contributed by atoms with Crippen molar-refractivity contribution in [2.24, 2.45) is 0 Å². The molecule has 0 atom stereocenters. The lowest BCUT2D eigenvalue weighted by Gasteiger charge is -2.27. The Labute approximate surface area is 355 Å². The standard InChI is InChI=1S/C58H35NOS/c1-2-11-36(12-3-1)38-21-22-41-33-45(28-25-39(41)31-38)59(52-35-43-14-5-7-16-48(43)56-50-17-8-9-20-54(50)61-58(52)56)46-29-26-40-32-44(24-23-42(40)34-46)49-18-10-19-51-55-47-15-6-4-13-37(47)27-30-53(55)60-57(49)51/h1-35H. The Hall–Kier alpha value is -7.72. The normalized spacial score (nSPS) is 11.9. The molecule has 0 aliphatic rings. The first-order valence-corrected chi connectivity index (χ1v) is 21.6. The Morgan fingerprint density at radius 3 is 1.74 bits per heavy atom. The predicted octanol–water partition coefficient (Wildman–Crippen LogP) is 17.4. The van der Waals surface area contributed by atoms with Crippen LogP contribution in [0.5, 0.6) is 0 Å². The van der Waals surface area contributed by atoms with E-state index in [-0.39, 0.29) is 0 Å². The first kappa shape index (κ1) is 34.2. The first-order chi connectivity index (χ1) is 30.2. The molecule has 3 heteroatoms. The number of anilines is 3. The molecule has 0 bridgehead atoms. The van der Waals surface area contributed by atoms with Crippen molar-refractivity contribution in [3.05, 3.63) is 212 Å². The van der Waals surface area contributed by atoms with Crippen molar-refractivity contribution in [2.75, 3.05) is 4.90 Å². The molecule has 0 spiro atoms. The van der Waals surface area contributed by atoms with Gasteiger partial charge in [-0.3, -0.25) is 0 Å². The lowest BCUT2D eigenvalue weighted by Crippen LogP contribution is -2.10. The number of para-hydroxylation sites is 1. The van der Waals surface area contributed by atoms with Crippen molar-refractivity contribution in [1.82, 2.24) is 0 Å². The van der Waals surface area contributed by atoms with Crippen LogP contribution in [0, 0.1) is 0 Å². The fraction of sp³-hybridized carbons (Fsp3) is 0. The zero-order chi connectivity index (χ0) is 40.0. The zero-order valence-corrected chi connectivity index (χ0v) is 33.8. The number of thiophene rings is 1. The molecule has 0 saturated carbocycles. The van der Waals surface area contributed by atoms with Gasteiger partial charge in [0.2, 0.25) is 0 Å². The third-order valence-corrected chi connectivity index (χ3v) is 13.8. The largest absolute Gasteiger partial charge is 0.455 e. The van der Waals surface area contributed by atoms with E-state index >= 15 is 0 Å². The minimum absolute atomic E-state index is 0.915. The van der Waals surface area contributed by atoms with Gasteiger partial charge in [-0.1, -0.05) is 158 Å². The van der Waals surface area contributed by atoms with Crippen LogP contribution in [0.2, 0.25) is 0 Å². The predicted molar refractivity (Wildman–Crippen MR) is 262 cm³/mol. The highest BCUT2D eigenvalue weighted by atomic mass is 32.1. The Kier molecular flexibility index (Phi) is 7.51. The summed E-state index contributed by atoms with van der Waals surface area (Å²) in [5, 5.41) is 14.6. The second-order valence-electron chi connectivity index (χ2n) is 16.1. The number of nitrogens with zero attached hydrogens (tertiary/aromatic N) is 1. The molecule has 0 fully saturated rings. The van der Waals surface area contributed by atoms with Gasteiger partial charge in [0.15, 0.2) is 0 Å². The summed E-state index contributed by atoms with van der Waals surface area (Å²) in [6.45, 7) is 0. The maximum atomic E-state index is 6.65. The molecule has 61 heavy (non-hydrogen) atoms. The second-order valence-corrected chi connectivity index (χ2v) is 17.1. The van der Waals surface area contributed by atoms with Crippen LogP contribution >= 0.6 is 11.3 Å². The summed E-state index contributed by atoms with van der Waals surface area (Å²) in [6.07, 6.45) is 0. The van der Waals surface area contributed by atoms with Crippen LogP contribution < -0.4 is 4.90 Å². The number of hydrogen-bond acceptors (Lipinski definition) is 3. The number of benzene rings is 11. The fourth-order valence-corrected chi connectivity index (χ4v) is 10.9. The van der Waals surface area contributed by atoms with E-state index in [9.17, 15) is 0 Å². The SMILES string of the molecule is c1ccc(-c2ccc3cc(N(c4ccc5cc(-c6cccc7c6oc6ccc8ccccc8c67)ccc5c4)c4cc5ccccc5c5c4sc4ccccc45)ccc3c2)cc1. The van der Waals surface area contributed by atoms with Gasteiger partial charge in [0.1, 0.15) is 11.2 Å². The molecule has 0 radical (unpaired) electrons. The van der Waals surface area contributed by atoms with Gasteiger partial charge in [0.25, 0.3) is 0 Å². The van der Waals surface area contributed by atoms with E-state index in [0.717, 1.165) is 39.1 Å². The van der Waals surface area contributed by atoms with Crippen molar-refractivity contribution in [1.29, 1.82) is 0 Å². The highest BCUT2D eigenvalue weighted by Crippen LogP contribution is 2.49. The van der Waals surface area contributed by atoms with Crippen LogP contribution in [-0.4, -0.2) is 0 Å². The molecule has 2 heterocycles. The highest BCUT2D eigenvalue weighted by Gasteiger charge is 2.22. The van der Waals surface area contributed by atoms with Crippen molar-refractivity contribution in [2.45, 2.75) is 0 Å². The van der Waals surface area contributed by atoms with Crippen LogP contribution in [0.15, 0.2) is 217 Å². The van der Waals surface area contributed by atoms with Gasteiger partial charge < -0.3 is 9.32 Å². The second kappa shape index (κ2) is 13.4. The molecular weight excluding hydrogens is 759 g/mol. The number of rotatable bonds is 5. The monoisotopic (exact) mass is 793 g/mol. The van der Waals surface area contributed by atoms with Gasteiger partial charge in [-0.05, 0) is 114 Å². The number of furan rings is 1. The van der Waals surface area contributed by atoms with E-state index in [4.69, 9.17) is 4.42 Å². The maximum Gasteiger partial charge on any atom is 0.143 e. The van der Waals surface area contributed by atoms with E-state index in [2.05, 4.69) is 217 Å². The molecule has 0 saturated heterocycles. The third kappa shape index (κ3) is 5.41. The Balaban J connectivity index is 0.994. The molecule has 0 aliphatic carbocycles. The fourth-order valence-electron chi connectivity index (χ4n) is 9.67. The van der Waals surface area contributed by atoms with E-state index in [1.54, 1.807) is 0 Å². The molecule has 2 aromatic heterocycles. The summed E-state index contributed by atoms with van der Waals surface area (Å²) < 4.78 is 9.22. The van der Waals surface area contributed by atoms with Gasteiger partial charge in [-0.25, -0.2) is 0 Å². The lowest BCUT2D eigenvalue weighted by atomic mass is 9.97. The molecule has 0 aliphatic heterocycles. The maximum absolute atomic E-state index is 6.65. The molecule has 11 aromatic carbocycles. The Bertz CT molecular complexity index is 3890. The zero-order valence-electron chi connectivity index (χ0n) is 33.0. The van der Waals surface area contributed by atoms with Crippen molar-refractivity contribution >= 4 is 114 Å². The molecule has 284 valence electrons. The molecule has 13 rings (SSSR count). The van der Waals surface area contributed by atoms with Gasteiger partial charge in [0, 0.05) is 43.2 Å². The Morgan fingerprint density at radius 1 is 0.361 bits per heavy atom. The molecule has 0 amide bonds.